The zero-order chi connectivity index (χ0) is 17.6. The highest BCUT2D eigenvalue weighted by Gasteiger charge is 2.09. The molecule has 1 aromatic heterocycles. The van der Waals surface area contributed by atoms with Crippen molar-refractivity contribution in [2.75, 3.05) is 6.61 Å². The summed E-state index contributed by atoms with van der Waals surface area (Å²) in [4.78, 5) is 16.4. The van der Waals surface area contributed by atoms with Crippen LogP contribution < -0.4 is 10.4 Å². The Morgan fingerprint density at radius 3 is 2.60 bits per heavy atom. The summed E-state index contributed by atoms with van der Waals surface area (Å²) in [6, 6.07) is 16.5. The number of hydrogen-bond donors (Lipinski definition) is 0. The minimum absolute atomic E-state index is 0.298. The van der Waals surface area contributed by atoms with Crippen LogP contribution in [0, 0.1) is 0 Å². The van der Waals surface area contributed by atoms with E-state index in [-0.39, 0.29) is 0 Å². The van der Waals surface area contributed by atoms with Gasteiger partial charge in [-0.15, -0.1) is 0 Å². The second kappa shape index (κ2) is 8.12. The smallest absolute Gasteiger partial charge is 0.339 e. The molecule has 128 valence electrons. The molecule has 0 atom stereocenters. The first-order chi connectivity index (χ1) is 12.2. The molecule has 0 amide bonds. The Morgan fingerprint density at radius 1 is 1.08 bits per heavy atom. The van der Waals surface area contributed by atoms with E-state index in [1.54, 1.807) is 0 Å². The first kappa shape index (κ1) is 17.4. The van der Waals surface area contributed by atoms with Crippen molar-refractivity contribution in [3.63, 3.8) is 0 Å². The molecule has 0 bridgehead atoms. The summed E-state index contributed by atoms with van der Waals surface area (Å²) in [7, 11) is 0. The van der Waals surface area contributed by atoms with Crippen LogP contribution in [0.5, 0.6) is 5.75 Å². The average Bonchev–Trinajstić information content (AvgIpc) is 2.62. The molecule has 25 heavy (non-hydrogen) atoms. The van der Waals surface area contributed by atoms with Gasteiger partial charge in [0.1, 0.15) is 5.75 Å². The van der Waals surface area contributed by atoms with Crippen LogP contribution in [0.3, 0.4) is 0 Å². The fourth-order valence-corrected chi connectivity index (χ4v) is 2.75. The van der Waals surface area contributed by atoms with Crippen molar-refractivity contribution in [2.45, 2.75) is 19.8 Å². The van der Waals surface area contributed by atoms with Crippen molar-refractivity contribution in [3.05, 3.63) is 69.5 Å². The molecule has 0 radical (unpaired) electrons. The summed E-state index contributed by atoms with van der Waals surface area (Å²) in [6.07, 6.45) is 2.12. The Bertz CT molecular complexity index is 903. The topological polar surface area (TPSA) is 52.3 Å². The van der Waals surface area contributed by atoms with Gasteiger partial charge in [0.2, 0.25) is 5.89 Å². The summed E-state index contributed by atoms with van der Waals surface area (Å²) in [6.45, 7) is 2.83. The lowest BCUT2D eigenvalue weighted by Crippen LogP contribution is -2.02. The molecular formula is C20H18BrNO3. The Labute approximate surface area is 154 Å². The lowest BCUT2D eigenvalue weighted by Gasteiger charge is -2.07. The monoisotopic (exact) mass is 399 g/mol. The summed E-state index contributed by atoms with van der Waals surface area (Å²) in [5.74, 6) is 1.11. The van der Waals surface area contributed by atoms with Crippen molar-refractivity contribution in [1.82, 2.24) is 4.98 Å². The Balaban J connectivity index is 1.89. The fourth-order valence-electron chi connectivity index (χ4n) is 2.35. The molecule has 5 heteroatoms. The molecule has 4 nitrogen and oxygen atoms in total. The standard InChI is InChI=1S/C20H18BrNO3/c1-2-3-11-24-17-9-7-14(8-10-17)18-13-19(23)25-20(22-18)15-5-4-6-16(21)12-15/h4-10,12-13H,2-3,11H2,1H3. The number of rotatable bonds is 6. The third-order valence-electron chi connectivity index (χ3n) is 3.66. The van der Waals surface area contributed by atoms with Crippen molar-refractivity contribution in [2.24, 2.45) is 0 Å². The molecule has 0 aliphatic heterocycles. The van der Waals surface area contributed by atoms with E-state index in [1.165, 1.54) is 6.07 Å². The van der Waals surface area contributed by atoms with Gasteiger partial charge in [0.25, 0.3) is 0 Å². The number of nitrogens with zero attached hydrogens (tertiary/aromatic N) is 1. The molecule has 3 aromatic rings. The first-order valence-corrected chi connectivity index (χ1v) is 8.96. The lowest BCUT2D eigenvalue weighted by molar-refractivity contribution is 0.309. The van der Waals surface area contributed by atoms with E-state index in [9.17, 15) is 4.79 Å². The van der Waals surface area contributed by atoms with E-state index in [0.29, 0.717) is 18.2 Å². The van der Waals surface area contributed by atoms with Crippen molar-refractivity contribution < 1.29 is 9.15 Å². The Morgan fingerprint density at radius 2 is 1.88 bits per heavy atom. The number of aromatic nitrogens is 1. The lowest BCUT2D eigenvalue weighted by atomic mass is 10.1. The van der Waals surface area contributed by atoms with Gasteiger partial charge in [0.05, 0.1) is 18.4 Å². The van der Waals surface area contributed by atoms with Crippen molar-refractivity contribution in [1.29, 1.82) is 0 Å². The predicted octanol–water partition coefficient (Wildman–Crippen LogP) is 5.31. The van der Waals surface area contributed by atoms with Gasteiger partial charge in [0.15, 0.2) is 0 Å². The third-order valence-corrected chi connectivity index (χ3v) is 4.16. The SMILES string of the molecule is CCCCOc1ccc(-c2cc(=O)oc(-c3cccc(Br)c3)n2)cc1. The zero-order valence-corrected chi connectivity index (χ0v) is 15.5. The van der Waals surface area contributed by atoms with Crippen LogP contribution in [0.1, 0.15) is 19.8 Å². The normalized spacial score (nSPS) is 10.6. The van der Waals surface area contributed by atoms with E-state index in [4.69, 9.17) is 9.15 Å². The molecule has 0 aliphatic carbocycles. The van der Waals surface area contributed by atoms with Gasteiger partial charge in [-0.3, -0.25) is 0 Å². The highest BCUT2D eigenvalue weighted by Crippen LogP contribution is 2.24. The van der Waals surface area contributed by atoms with Crippen LogP contribution in [-0.4, -0.2) is 11.6 Å². The van der Waals surface area contributed by atoms with Crippen molar-refractivity contribution >= 4 is 15.9 Å². The fraction of sp³-hybridized carbons (Fsp3) is 0.200. The molecule has 3 rings (SSSR count). The second-order valence-electron chi connectivity index (χ2n) is 5.60. The average molecular weight is 400 g/mol. The van der Waals surface area contributed by atoms with Crippen LogP contribution in [0.15, 0.2) is 68.3 Å². The third kappa shape index (κ3) is 4.57. The van der Waals surface area contributed by atoms with Crippen LogP contribution in [-0.2, 0) is 0 Å². The summed E-state index contributed by atoms with van der Waals surface area (Å²) in [5.41, 5.74) is 1.73. The number of ether oxygens (including phenoxy) is 1. The maximum Gasteiger partial charge on any atom is 0.339 e. The molecule has 0 unspecified atom stereocenters. The van der Waals surface area contributed by atoms with Gasteiger partial charge in [-0.25, -0.2) is 9.78 Å². The molecule has 0 spiro atoms. The van der Waals surface area contributed by atoms with Crippen LogP contribution in [0.25, 0.3) is 22.7 Å². The van der Waals surface area contributed by atoms with E-state index in [1.807, 2.05) is 48.5 Å². The molecule has 1 heterocycles. The van der Waals surface area contributed by atoms with Crippen LogP contribution >= 0.6 is 15.9 Å². The van der Waals surface area contributed by atoms with E-state index in [0.717, 1.165) is 34.2 Å². The Hall–Kier alpha value is -2.40. The number of halogens is 1. The Kier molecular flexibility index (Phi) is 5.66. The maximum absolute atomic E-state index is 11.9. The highest BCUT2D eigenvalue weighted by atomic mass is 79.9. The molecule has 0 aliphatic rings. The molecule has 2 aromatic carbocycles. The van der Waals surface area contributed by atoms with Gasteiger partial charge in [0, 0.05) is 15.6 Å². The number of unbranched alkanes of at least 4 members (excludes halogenated alkanes) is 1. The zero-order valence-electron chi connectivity index (χ0n) is 13.9. The van der Waals surface area contributed by atoms with Crippen LogP contribution in [0.2, 0.25) is 0 Å². The first-order valence-electron chi connectivity index (χ1n) is 8.17. The molecular weight excluding hydrogens is 382 g/mol. The van der Waals surface area contributed by atoms with Crippen LogP contribution in [0.4, 0.5) is 0 Å². The summed E-state index contributed by atoms with van der Waals surface area (Å²) in [5, 5.41) is 0. The van der Waals surface area contributed by atoms with Gasteiger partial charge >= 0.3 is 5.63 Å². The predicted molar refractivity (Wildman–Crippen MR) is 102 cm³/mol. The molecule has 0 saturated carbocycles. The largest absolute Gasteiger partial charge is 0.494 e. The molecule has 0 saturated heterocycles. The van der Waals surface area contributed by atoms with E-state index >= 15 is 0 Å². The number of hydrogen-bond acceptors (Lipinski definition) is 4. The quantitative estimate of drug-likeness (QED) is 0.527. The summed E-state index contributed by atoms with van der Waals surface area (Å²) < 4.78 is 11.8. The summed E-state index contributed by atoms with van der Waals surface area (Å²) >= 11 is 3.41. The van der Waals surface area contributed by atoms with Gasteiger partial charge in [-0.2, -0.15) is 0 Å². The number of benzene rings is 2. The molecule has 0 fully saturated rings. The maximum atomic E-state index is 11.9. The van der Waals surface area contributed by atoms with E-state index in [2.05, 4.69) is 27.8 Å². The minimum Gasteiger partial charge on any atom is -0.494 e. The van der Waals surface area contributed by atoms with Gasteiger partial charge in [-0.05, 0) is 48.9 Å². The minimum atomic E-state index is -0.428. The van der Waals surface area contributed by atoms with E-state index < -0.39 is 5.63 Å². The van der Waals surface area contributed by atoms with Gasteiger partial charge in [-0.1, -0.05) is 35.3 Å². The molecule has 0 N–H and O–H groups in total. The second-order valence-corrected chi connectivity index (χ2v) is 6.52. The van der Waals surface area contributed by atoms with Gasteiger partial charge < -0.3 is 9.15 Å². The van der Waals surface area contributed by atoms with Crippen molar-refractivity contribution in [3.8, 4) is 28.5 Å². The highest BCUT2D eigenvalue weighted by molar-refractivity contribution is 9.10.